The van der Waals surface area contributed by atoms with E-state index in [0.717, 1.165) is 10.0 Å². The lowest BCUT2D eigenvalue weighted by Gasteiger charge is -2.07. The minimum atomic E-state index is -0.502. The van der Waals surface area contributed by atoms with Gasteiger partial charge in [-0.25, -0.2) is 9.79 Å². The number of benzene rings is 2. The molecule has 0 aliphatic carbocycles. The third kappa shape index (κ3) is 3.33. The largest absolute Gasteiger partial charge is 0.497 e. The summed E-state index contributed by atoms with van der Waals surface area (Å²) in [6.45, 7) is 0. The van der Waals surface area contributed by atoms with Crippen molar-refractivity contribution in [3.05, 3.63) is 63.8 Å². The summed E-state index contributed by atoms with van der Waals surface area (Å²) in [5, 5.41) is 0. The molecule has 0 aromatic heterocycles. The first-order valence-electron chi connectivity index (χ1n) is 7.11. The van der Waals surface area contributed by atoms with E-state index in [1.165, 1.54) is 0 Å². The van der Waals surface area contributed by atoms with Crippen molar-refractivity contribution >= 4 is 33.9 Å². The molecular formula is C18H14BrNO4. The fourth-order valence-corrected chi connectivity index (χ4v) is 2.49. The Kier molecular flexibility index (Phi) is 4.66. The topological polar surface area (TPSA) is 57.1 Å². The highest BCUT2D eigenvalue weighted by Gasteiger charge is 2.24. The smallest absolute Gasteiger partial charge is 0.363 e. The molecule has 24 heavy (non-hydrogen) atoms. The van der Waals surface area contributed by atoms with Gasteiger partial charge in [-0.15, -0.1) is 0 Å². The predicted octanol–water partition coefficient (Wildman–Crippen LogP) is 3.81. The summed E-state index contributed by atoms with van der Waals surface area (Å²) in [7, 11) is 3.14. The number of ether oxygens (including phenoxy) is 3. The zero-order chi connectivity index (χ0) is 17.1. The number of methoxy groups -OCH3 is 2. The second-order valence-electron chi connectivity index (χ2n) is 4.95. The van der Waals surface area contributed by atoms with Gasteiger partial charge >= 0.3 is 5.97 Å². The lowest BCUT2D eigenvalue weighted by molar-refractivity contribution is -0.129. The summed E-state index contributed by atoms with van der Waals surface area (Å²) in [6, 6.07) is 12.7. The normalized spacial score (nSPS) is 15.2. The van der Waals surface area contributed by atoms with Crippen molar-refractivity contribution in [2.75, 3.05) is 14.2 Å². The first kappa shape index (κ1) is 16.3. The molecule has 5 nitrogen and oxygen atoms in total. The fourth-order valence-electron chi connectivity index (χ4n) is 2.22. The average molecular weight is 388 g/mol. The van der Waals surface area contributed by atoms with Crippen LogP contribution in [0.15, 0.2) is 57.6 Å². The van der Waals surface area contributed by atoms with Crippen molar-refractivity contribution in [3.63, 3.8) is 0 Å². The number of nitrogens with zero attached hydrogens (tertiary/aromatic N) is 1. The Balaban J connectivity index is 1.98. The van der Waals surface area contributed by atoms with Crippen LogP contribution in [0.1, 0.15) is 11.1 Å². The number of rotatable bonds is 4. The van der Waals surface area contributed by atoms with Crippen LogP contribution in [0.5, 0.6) is 11.5 Å². The molecule has 0 saturated heterocycles. The van der Waals surface area contributed by atoms with E-state index < -0.39 is 5.97 Å². The van der Waals surface area contributed by atoms with Gasteiger partial charge in [0.25, 0.3) is 0 Å². The van der Waals surface area contributed by atoms with Gasteiger partial charge in [0.15, 0.2) is 5.70 Å². The molecule has 0 radical (unpaired) electrons. The van der Waals surface area contributed by atoms with Crippen molar-refractivity contribution in [1.29, 1.82) is 0 Å². The number of carbonyl (C=O) groups excluding carboxylic acids is 1. The van der Waals surface area contributed by atoms with Crippen molar-refractivity contribution in [2.45, 2.75) is 0 Å². The van der Waals surface area contributed by atoms with Gasteiger partial charge in [0.1, 0.15) is 11.5 Å². The number of cyclic esters (lactones) is 1. The first-order valence-corrected chi connectivity index (χ1v) is 7.90. The Morgan fingerprint density at radius 2 is 1.83 bits per heavy atom. The summed E-state index contributed by atoms with van der Waals surface area (Å²) in [4.78, 5) is 16.4. The monoisotopic (exact) mass is 387 g/mol. The minimum absolute atomic E-state index is 0.208. The summed E-state index contributed by atoms with van der Waals surface area (Å²) < 4.78 is 16.7. The van der Waals surface area contributed by atoms with E-state index in [2.05, 4.69) is 20.9 Å². The Bertz CT molecular complexity index is 841. The van der Waals surface area contributed by atoms with Gasteiger partial charge < -0.3 is 14.2 Å². The molecule has 6 heteroatoms. The number of hydrogen-bond acceptors (Lipinski definition) is 5. The molecule has 1 aliphatic rings. The lowest BCUT2D eigenvalue weighted by atomic mass is 10.1. The zero-order valence-electron chi connectivity index (χ0n) is 13.1. The molecule has 0 amide bonds. The van der Waals surface area contributed by atoms with Crippen LogP contribution in [0.25, 0.3) is 6.08 Å². The van der Waals surface area contributed by atoms with Crippen LogP contribution in [0.3, 0.4) is 0 Å². The molecule has 3 rings (SSSR count). The highest BCUT2D eigenvalue weighted by molar-refractivity contribution is 9.10. The van der Waals surface area contributed by atoms with Gasteiger partial charge in [0, 0.05) is 15.6 Å². The van der Waals surface area contributed by atoms with E-state index >= 15 is 0 Å². The van der Waals surface area contributed by atoms with Crippen LogP contribution in [-0.2, 0) is 9.53 Å². The molecule has 0 fully saturated rings. The van der Waals surface area contributed by atoms with E-state index in [9.17, 15) is 4.79 Å². The summed E-state index contributed by atoms with van der Waals surface area (Å²) in [5.41, 5.74) is 1.62. The van der Waals surface area contributed by atoms with Crippen LogP contribution in [0.2, 0.25) is 0 Å². The zero-order valence-corrected chi connectivity index (χ0v) is 14.7. The van der Waals surface area contributed by atoms with Crippen LogP contribution in [0.4, 0.5) is 0 Å². The van der Waals surface area contributed by atoms with Crippen molar-refractivity contribution in [3.8, 4) is 11.5 Å². The van der Waals surface area contributed by atoms with E-state index in [-0.39, 0.29) is 11.6 Å². The van der Waals surface area contributed by atoms with Gasteiger partial charge in [0.2, 0.25) is 5.90 Å². The Morgan fingerprint density at radius 1 is 1.08 bits per heavy atom. The summed E-state index contributed by atoms with van der Waals surface area (Å²) >= 11 is 3.37. The van der Waals surface area contributed by atoms with Gasteiger partial charge in [-0.3, -0.25) is 0 Å². The van der Waals surface area contributed by atoms with E-state index in [1.54, 1.807) is 38.5 Å². The van der Waals surface area contributed by atoms with Gasteiger partial charge in [-0.05, 0) is 48.5 Å². The van der Waals surface area contributed by atoms with Crippen LogP contribution in [0, 0.1) is 0 Å². The number of hydrogen-bond donors (Lipinski definition) is 0. The number of esters is 1. The molecule has 122 valence electrons. The van der Waals surface area contributed by atoms with E-state index in [1.807, 2.05) is 24.3 Å². The highest BCUT2D eigenvalue weighted by atomic mass is 79.9. The van der Waals surface area contributed by atoms with Crippen LogP contribution >= 0.6 is 15.9 Å². The van der Waals surface area contributed by atoms with Gasteiger partial charge in [-0.2, -0.15) is 0 Å². The van der Waals surface area contributed by atoms with Crippen molar-refractivity contribution in [1.82, 2.24) is 0 Å². The van der Waals surface area contributed by atoms with Gasteiger partial charge in [-0.1, -0.05) is 15.9 Å². The molecule has 2 aromatic carbocycles. The molecule has 0 saturated carbocycles. The lowest BCUT2D eigenvalue weighted by Crippen LogP contribution is -2.05. The minimum Gasteiger partial charge on any atom is -0.497 e. The molecule has 1 aliphatic heterocycles. The standard InChI is InChI=1S/C18H14BrNO4/c1-22-14-7-8-16(23-2)12(9-14)10-15-18(21)24-17(20-15)11-3-5-13(19)6-4-11/h3-10H,1-2H3/b15-10+. The van der Waals surface area contributed by atoms with Crippen LogP contribution < -0.4 is 9.47 Å². The Labute approximate surface area is 147 Å². The number of halogens is 1. The Hall–Kier alpha value is -2.60. The van der Waals surface area contributed by atoms with E-state index in [4.69, 9.17) is 14.2 Å². The average Bonchev–Trinajstić information content (AvgIpc) is 2.96. The van der Waals surface area contributed by atoms with Crippen molar-refractivity contribution < 1.29 is 19.0 Å². The SMILES string of the molecule is COc1ccc(OC)c(/C=C2/N=C(c3ccc(Br)cc3)OC2=O)c1. The molecule has 1 heterocycles. The number of carbonyl (C=O) groups is 1. The van der Waals surface area contributed by atoms with E-state index in [0.29, 0.717) is 17.1 Å². The third-order valence-corrected chi connectivity index (χ3v) is 3.97. The Morgan fingerprint density at radius 3 is 2.50 bits per heavy atom. The maximum atomic E-state index is 12.1. The second-order valence-corrected chi connectivity index (χ2v) is 5.87. The summed E-state index contributed by atoms with van der Waals surface area (Å²) in [6.07, 6.45) is 1.62. The maximum Gasteiger partial charge on any atom is 0.363 e. The molecule has 0 bridgehead atoms. The predicted molar refractivity (Wildman–Crippen MR) is 94.3 cm³/mol. The number of aliphatic imine (C=N–C) groups is 1. The molecule has 0 unspecified atom stereocenters. The maximum absolute atomic E-state index is 12.1. The first-order chi connectivity index (χ1) is 11.6. The fraction of sp³-hybridized carbons (Fsp3) is 0.111. The molecule has 0 atom stereocenters. The van der Waals surface area contributed by atoms with Gasteiger partial charge in [0.05, 0.1) is 14.2 Å². The molecule has 0 N–H and O–H groups in total. The quantitative estimate of drug-likeness (QED) is 0.591. The molecular weight excluding hydrogens is 374 g/mol. The third-order valence-electron chi connectivity index (χ3n) is 3.44. The van der Waals surface area contributed by atoms with Crippen LogP contribution in [-0.4, -0.2) is 26.1 Å². The van der Waals surface area contributed by atoms with Crippen molar-refractivity contribution in [2.24, 2.45) is 4.99 Å². The molecule has 2 aromatic rings. The molecule has 0 spiro atoms. The second kappa shape index (κ2) is 6.88. The summed E-state index contributed by atoms with van der Waals surface area (Å²) in [5.74, 6) is 1.05. The highest BCUT2D eigenvalue weighted by Crippen LogP contribution is 2.28.